The van der Waals surface area contributed by atoms with Gasteiger partial charge in [-0.3, -0.25) is 0 Å². The molecule has 0 saturated carbocycles. The van der Waals surface area contributed by atoms with Crippen LogP contribution < -0.4 is 5.32 Å². The summed E-state index contributed by atoms with van der Waals surface area (Å²) in [7, 11) is 0. The van der Waals surface area contributed by atoms with Crippen LogP contribution in [0.5, 0.6) is 0 Å². The molecule has 0 radical (unpaired) electrons. The number of nitrogens with one attached hydrogen (secondary N) is 1. The SMILES string of the molecule is c1cc2c(cc1-c1csc(NC[C@@H]3CCCO3)n1)CCC2. The van der Waals surface area contributed by atoms with Gasteiger partial charge in [-0.05, 0) is 49.3 Å². The van der Waals surface area contributed by atoms with E-state index >= 15 is 0 Å². The molecule has 2 aliphatic rings. The molecular formula is C17H20N2OS. The van der Waals surface area contributed by atoms with Crippen LogP contribution in [-0.2, 0) is 17.6 Å². The topological polar surface area (TPSA) is 34.1 Å². The van der Waals surface area contributed by atoms with E-state index in [1.165, 1.54) is 42.4 Å². The lowest BCUT2D eigenvalue weighted by molar-refractivity contribution is 0.120. The lowest BCUT2D eigenvalue weighted by Gasteiger charge is -2.09. The van der Waals surface area contributed by atoms with Crippen LogP contribution in [0.1, 0.15) is 30.4 Å². The monoisotopic (exact) mass is 300 g/mol. The molecule has 0 amide bonds. The van der Waals surface area contributed by atoms with Crippen LogP contribution in [0.15, 0.2) is 23.6 Å². The largest absolute Gasteiger partial charge is 0.376 e. The number of fused-ring (bicyclic) bond motifs is 1. The zero-order valence-electron chi connectivity index (χ0n) is 12.1. The van der Waals surface area contributed by atoms with Gasteiger partial charge in [-0.2, -0.15) is 0 Å². The number of benzene rings is 1. The van der Waals surface area contributed by atoms with Gasteiger partial charge in [0.05, 0.1) is 11.8 Å². The Bertz CT molecular complexity index is 631. The highest BCUT2D eigenvalue weighted by Gasteiger charge is 2.16. The van der Waals surface area contributed by atoms with Crippen molar-refractivity contribution in [3.05, 3.63) is 34.7 Å². The van der Waals surface area contributed by atoms with Crippen LogP contribution in [0.3, 0.4) is 0 Å². The zero-order chi connectivity index (χ0) is 14.1. The van der Waals surface area contributed by atoms with Crippen molar-refractivity contribution < 1.29 is 4.74 Å². The maximum absolute atomic E-state index is 5.63. The standard InChI is InChI=1S/C17H20N2OS/c1-3-12-6-7-14(9-13(12)4-1)16-11-21-17(19-16)18-10-15-5-2-8-20-15/h6-7,9,11,15H,1-5,8,10H2,(H,18,19)/t15-/m0/s1. The number of aryl methyl sites for hydroxylation is 2. The molecule has 0 bridgehead atoms. The Morgan fingerprint density at radius 2 is 2.19 bits per heavy atom. The van der Waals surface area contributed by atoms with E-state index in [1.807, 2.05) is 0 Å². The molecule has 3 nitrogen and oxygen atoms in total. The van der Waals surface area contributed by atoms with E-state index < -0.39 is 0 Å². The predicted octanol–water partition coefficient (Wildman–Crippen LogP) is 3.89. The fraction of sp³-hybridized carbons (Fsp3) is 0.471. The van der Waals surface area contributed by atoms with Gasteiger partial charge in [0.25, 0.3) is 0 Å². The van der Waals surface area contributed by atoms with Gasteiger partial charge >= 0.3 is 0 Å². The van der Waals surface area contributed by atoms with E-state index in [4.69, 9.17) is 9.72 Å². The molecule has 2 aromatic rings. The molecule has 1 aromatic heterocycles. The molecule has 1 aliphatic heterocycles. The van der Waals surface area contributed by atoms with Gasteiger partial charge in [-0.25, -0.2) is 4.98 Å². The molecule has 4 heteroatoms. The molecule has 0 spiro atoms. The highest BCUT2D eigenvalue weighted by atomic mass is 32.1. The Labute approximate surface area is 129 Å². The van der Waals surface area contributed by atoms with E-state index in [0.29, 0.717) is 6.10 Å². The molecule has 4 rings (SSSR count). The Hall–Kier alpha value is -1.39. The molecule has 1 fully saturated rings. The van der Waals surface area contributed by atoms with Crippen LogP contribution in [-0.4, -0.2) is 24.2 Å². The summed E-state index contributed by atoms with van der Waals surface area (Å²) in [6, 6.07) is 6.81. The van der Waals surface area contributed by atoms with Crippen molar-refractivity contribution in [1.82, 2.24) is 4.98 Å². The van der Waals surface area contributed by atoms with Crippen molar-refractivity contribution in [3.8, 4) is 11.3 Å². The summed E-state index contributed by atoms with van der Waals surface area (Å²) in [6.45, 7) is 1.78. The molecule has 1 aromatic carbocycles. The predicted molar refractivity (Wildman–Crippen MR) is 87.0 cm³/mol. The van der Waals surface area contributed by atoms with E-state index in [2.05, 4.69) is 28.9 Å². The Morgan fingerprint density at radius 1 is 1.24 bits per heavy atom. The van der Waals surface area contributed by atoms with Gasteiger partial charge in [-0.15, -0.1) is 11.3 Å². The Balaban J connectivity index is 1.46. The highest BCUT2D eigenvalue weighted by Crippen LogP contribution is 2.30. The number of nitrogens with zero attached hydrogens (tertiary/aromatic N) is 1. The summed E-state index contributed by atoms with van der Waals surface area (Å²) >= 11 is 1.68. The number of hydrogen-bond acceptors (Lipinski definition) is 4. The first-order valence-corrected chi connectivity index (χ1v) is 8.69. The van der Waals surface area contributed by atoms with Crippen LogP contribution in [0, 0.1) is 0 Å². The number of ether oxygens (including phenoxy) is 1. The molecule has 1 atom stereocenters. The van der Waals surface area contributed by atoms with Gasteiger partial charge in [-0.1, -0.05) is 12.1 Å². The molecule has 0 unspecified atom stereocenters. The minimum Gasteiger partial charge on any atom is -0.376 e. The van der Waals surface area contributed by atoms with Crippen molar-refractivity contribution in [1.29, 1.82) is 0 Å². The zero-order valence-corrected chi connectivity index (χ0v) is 12.9. The minimum absolute atomic E-state index is 0.359. The fourth-order valence-corrected chi connectivity index (χ4v) is 3.95. The van der Waals surface area contributed by atoms with Crippen molar-refractivity contribution in [2.24, 2.45) is 0 Å². The average Bonchev–Trinajstić information content (AvgIpc) is 3.25. The van der Waals surface area contributed by atoms with Crippen molar-refractivity contribution in [3.63, 3.8) is 0 Å². The molecule has 1 N–H and O–H groups in total. The van der Waals surface area contributed by atoms with E-state index in [0.717, 1.165) is 30.4 Å². The summed E-state index contributed by atoms with van der Waals surface area (Å²) in [5.41, 5.74) is 5.36. The van der Waals surface area contributed by atoms with Gasteiger partial charge in [0.1, 0.15) is 0 Å². The van der Waals surface area contributed by atoms with Crippen LogP contribution in [0.2, 0.25) is 0 Å². The third kappa shape index (κ3) is 2.83. The van der Waals surface area contributed by atoms with E-state index in [9.17, 15) is 0 Å². The fourth-order valence-electron chi connectivity index (χ4n) is 3.23. The summed E-state index contributed by atoms with van der Waals surface area (Å²) in [5, 5.41) is 6.56. The van der Waals surface area contributed by atoms with Crippen molar-refractivity contribution in [2.75, 3.05) is 18.5 Å². The second-order valence-corrected chi connectivity index (χ2v) is 6.75. The number of anilines is 1. The average molecular weight is 300 g/mol. The number of hydrogen-bond donors (Lipinski definition) is 1. The minimum atomic E-state index is 0.359. The maximum atomic E-state index is 5.63. The second-order valence-electron chi connectivity index (χ2n) is 5.89. The van der Waals surface area contributed by atoms with E-state index in [1.54, 1.807) is 11.3 Å². The number of aromatic nitrogens is 1. The summed E-state index contributed by atoms with van der Waals surface area (Å²) in [6.07, 6.45) is 6.46. The normalized spacial score (nSPS) is 20.7. The summed E-state index contributed by atoms with van der Waals surface area (Å²) < 4.78 is 5.63. The van der Waals surface area contributed by atoms with Crippen molar-refractivity contribution >= 4 is 16.5 Å². The molecular weight excluding hydrogens is 280 g/mol. The molecule has 1 saturated heterocycles. The Kier molecular flexibility index (Phi) is 3.65. The van der Waals surface area contributed by atoms with Crippen LogP contribution in [0.4, 0.5) is 5.13 Å². The van der Waals surface area contributed by atoms with E-state index in [-0.39, 0.29) is 0 Å². The Morgan fingerprint density at radius 3 is 3.10 bits per heavy atom. The lowest BCUT2D eigenvalue weighted by Crippen LogP contribution is -2.18. The van der Waals surface area contributed by atoms with Crippen LogP contribution in [0.25, 0.3) is 11.3 Å². The molecule has 110 valence electrons. The first kappa shape index (κ1) is 13.3. The van der Waals surface area contributed by atoms with Crippen LogP contribution >= 0.6 is 11.3 Å². The number of rotatable bonds is 4. The third-order valence-corrected chi connectivity index (χ3v) is 5.20. The summed E-state index contributed by atoms with van der Waals surface area (Å²) in [4.78, 5) is 4.72. The van der Waals surface area contributed by atoms with Gasteiger partial charge in [0.15, 0.2) is 5.13 Å². The smallest absolute Gasteiger partial charge is 0.183 e. The maximum Gasteiger partial charge on any atom is 0.183 e. The molecule has 21 heavy (non-hydrogen) atoms. The van der Waals surface area contributed by atoms with Gasteiger partial charge in [0, 0.05) is 24.1 Å². The van der Waals surface area contributed by atoms with Gasteiger partial charge in [0.2, 0.25) is 0 Å². The lowest BCUT2D eigenvalue weighted by atomic mass is 10.1. The highest BCUT2D eigenvalue weighted by molar-refractivity contribution is 7.14. The third-order valence-electron chi connectivity index (χ3n) is 4.40. The van der Waals surface area contributed by atoms with Gasteiger partial charge < -0.3 is 10.1 Å². The molecule has 1 aliphatic carbocycles. The summed E-state index contributed by atoms with van der Waals surface area (Å²) in [5.74, 6) is 0. The first-order valence-electron chi connectivity index (χ1n) is 7.82. The molecule has 2 heterocycles. The first-order chi connectivity index (χ1) is 10.4. The van der Waals surface area contributed by atoms with Crippen molar-refractivity contribution in [2.45, 2.75) is 38.2 Å². The quantitative estimate of drug-likeness (QED) is 0.930. The number of thiazole rings is 1. The second kappa shape index (κ2) is 5.78.